The van der Waals surface area contributed by atoms with Crippen LogP contribution in [0.1, 0.15) is 59.3 Å². The van der Waals surface area contributed by atoms with E-state index in [0.29, 0.717) is 5.92 Å². The molecule has 3 unspecified atom stereocenters. The lowest BCUT2D eigenvalue weighted by Gasteiger charge is -2.39. The van der Waals surface area contributed by atoms with Gasteiger partial charge < -0.3 is 15.8 Å². The summed E-state index contributed by atoms with van der Waals surface area (Å²) in [6, 6.07) is 0. The lowest BCUT2D eigenvalue weighted by atomic mass is 9.79. The number of amides is 1. The van der Waals surface area contributed by atoms with E-state index < -0.39 is 5.54 Å². The van der Waals surface area contributed by atoms with Crippen LogP contribution in [0.15, 0.2) is 0 Å². The first kappa shape index (κ1) is 16.4. The van der Waals surface area contributed by atoms with Crippen molar-refractivity contribution in [2.75, 3.05) is 13.2 Å². The van der Waals surface area contributed by atoms with Gasteiger partial charge in [-0.1, -0.05) is 27.2 Å². The number of nitrogens with two attached hydrogens (primary N) is 1. The number of hydrogen-bond donors (Lipinski definition) is 2. The normalized spacial score (nSPS) is 29.1. The fraction of sp³-hybridized carbons (Fsp3) is 0.933. The Labute approximate surface area is 117 Å². The van der Waals surface area contributed by atoms with Gasteiger partial charge in [0.1, 0.15) is 5.54 Å². The molecule has 0 heterocycles. The van der Waals surface area contributed by atoms with Crippen LogP contribution in [0, 0.1) is 5.92 Å². The molecule has 0 aromatic heterocycles. The highest BCUT2D eigenvalue weighted by Gasteiger charge is 2.41. The van der Waals surface area contributed by atoms with Crippen LogP contribution in [0.3, 0.4) is 0 Å². The molecule has 0 aromatic carbocycles. The van der Waals surface area contributed by atoms with E-state index in [4.69, 9.17) is 10.5 Å². The third-order valence-corrected chi connectivity index (χ3v) is 4.09. The van der Waals surface area contributed by atoms with E-state index >= 15 is 0 Å². The van der Waals surface area contributed by atoms with E-state index in [-0.39, 0.29) is 12.0 Å². The lowest BCUT2D eigenvalue weighted by Crippen LogP contribution is -2.59. The summed E-state index contributed by atoms with van der Waals surface area (Å²) in [6.07, 6.45) is 6.15. The Bertz CT molecular complexity index is 279. The zero-order chi connectivity index (χ0) is 14.3. The fourth-order valence-corrected chi connectivity index (χ4v) is 3.05. The first-order valence-corrected chi connectivity index (χ1v) is 7.70. The summed E-state index contributed by atoms with van der Waals surface area (Å²) in [6.45, 7) is 7.98. The highest BCUT2D eigenvalue weighted by atomic mass is 16.5. The van der Waals surface area contributed by atoms with Gasteiger partial charge in [-0.3, -0.25) is 4.79 Å². The van der Waals surface area contributed by atoms with Gasteiger partial charge in [-0.15, -0.1) is 0 Å². The standard InChI is InChI=1S/C15H30N2O2/c1-4-7-12(3)11-19-13-8-6-9-15(10-13,14(16)18)17-5-2/h12-13,17H,4-11H2,1-3H3,(H2,16,18). The van der Waals surface area contributed by atoms with Crippen LogP contribution in [-0.2, 0) is 9.53 Å². The summed E-state index contributed by atoms with van der Waals surface area (Å²) in [5, 5.41) is 3.29. The number of primary amides is 1. The van der Waals surface area contributed by atoms with Crippen molar-refractivity contribution in [3.63, 3.8) is 0 Å². The van der Waals surface area contributed by atoms with Gasteiger partial charge in [0.15, 0.2) is 0 Å². The molecule has 0 bridgehead atoms. The van der Waals surface area contributed by atoms with Crippen molar-refractivity contribution in [1.29, 1.82) is 0 Å². The Hall–Kier alpha value is -0.610. The van der Waals surface area contributed by atoms with E-state index in [2.05, 4.69) is 19.2 Å². The Morgan fingerprint density at radius 1 is 1.53 bits per heavy atom. The molecule has 19 heavy (non-hydrogen) atoms. The Kier molecular flexibility index (Phi) is 6.80. The molecule has 4 nitrogen and oxygen atoms in total. The third-order valence-electron chi connectivity index (χ3n) is 4.09. The second-order valence-electron chi connectivity index (χ2n) is 5.92. The van der Waals surface area contributed by atoms with Crippen molar-refractivity contribution in [3.8, 4) is 0 Å². The highest BCUT2D eigenvalue weighted by Crippen LogP contribution is 2.30. The van der Waals surface area contributed by atoms with Gasteiger partial charge in [0.05, 0.1) is 6.10 Å². The highest BCUT2D eigenvalue weighted by molar-refractivity contribution is 5.84. The second-order valence-corrected chi connectivity index (χ2v) is 5.92. The van der Waals surface area contributed by atoms with Crippen molar-refractivity contribution in [3.05, 3.63) is 0 Å². The molecule has 1 saturated carbocycles. The first-order valence-electron chi connectivity index (χ1n) is 7.70. The minimum Gasteiger partial charge on any atom is -0.378 e. The summed E-state index contributed by atoms with van der Waals surface area (Å²) in [5.41, 5.74) is 5.05. The molecule has 112 valence electrons. The average molecular weight is 270 g/mol. The van der Waals surface area contributed by atoms with Gasteiger partial charge in [0.25, 0.3) is 0 Å². The summed E-state index contributed by atoms with van der Waals surface area (Å²) in [5.74, 6) is 0.360. The van der Waals surface area contributed by atoms with E-state index in [1.54, 1.807) is 0 Å². The van der Waals surface area contributed by atoms with Crippen LogP contribution < -0.4 is 11.1 Å². The summed E-state index contributed by atoms with van der Waals surface area (Å²) >= 11 is 0. The van der Waals surface area contributed by atoms with E-state index in [1.807, 2.05) is 6.92 Å². The number of carbonyl (C=O) groups is 1. The van der Waals surface area contributed by atoms with Crippen LogP contribution in [-0.4, -0.2) is 30.7 Å². The van der Waals surface area contributed by atoms with Crippen molar-refractivity contribution in [1.82, 2.24) is 5.32 Å². The summed E-state index contributed by atoms with van der Waals surface area (Å²) in [4.78, 5) is 11.8. The Morgan fingerprint density at radius 2 is 2.26 bits per heavy atom. The van der Waals surface area contributed by atoms with Gasteiger partial charge in [-0.25, -0.2) is 0 Å². The van der Waals surface area contributed by atoms with Crippen LogP contribution in [0.4, 0.5) is 0 Å². The van der Waals surface area contributed by atoms with E-state index in [0.717, 1.165) is 38.8 Å². The molecule has 0 aliphatic heterocycles. The van der Waals surface area contributed by atoms with E-state index in [1.165, 1.54) is 12.8 Å². The molecule has 3 atom stereocenters. The maximum absolute atomic E-state index is 11.8. The number of ether oxygens (including phenoxy) is 1. The predicted octanol–water partition coefficient (Wildman–Crippen LogP) is 2.22. The van der Waals surface area contributed by atoms with Gasteiger partial charge in [0, 0.05) is 13.0 Å². The van der Waals surface area contributed by atoms with Crippen LogP contribution in [0.2, 0.25) is 0 Å². The number of hydrogen-bond acceptors (Lipinski definition) is 3. The smallest absolute Gasteiger partial charge is 0.237 e. The molecular formula is C15H30N2O2. The zero-order valence-corrected chi connectivity index (χ0v) is 12.7. The monoisotopic (exact) mass is 270 g/mol. The van der Waals surface area contributed by atoms with Crippen LogP contribution >= 0.6 is 0 Å². The van der Waals surface area contributed by atoms with Gasteiger partial charge in [-0.05, 0) is 38.1 Å². The van der Waals surface area contributed by atoms with Gasteiger partial charge in [0.2, 0.25) is 5.91 Å². The minimum atomic E-state index is -0.550. The minimum absolute atomic E-state index is 0.166. The molecule has 0 radical (unpaired) electrons. The van der Waals surface area contributed by atoms with Crippen molar-refractivity contribution in [2.45, 2.75) is 70.9 Å². The molecule has 1 rings (SSSR count). The molecule has 4 heteroatoms. The third kappa shape index (κ3) is 4.77. The molecular weight excluding hydrogens is 240 g/mol. The SMILES string of the molecule is CCCC(C)COC1CCCC(NCC)(C(N)=O)C1. The topological polar surface area (TPSA) is 64.3 Å². The average Bonchev–Trinajstić information content (AvgIpc) is 2.37. The molecule has 1 aliphatic rings. The Balaban J connectivity index is 2.50. The molecule has 3 N–H and O–H groups in total. The first-order chi connectivity index (χ1) is 9.04. The lowest BCUT2D eigenvalue weighted by molar-refractivity contribution is -0.128. The number of likely N-dealkylation sites (N-methyl/N-ethyl adjacent to an activating group) is 1. The molecule has 0 aromatic rings. The molecule has 0 saturated heterocycles. The van der Waals surface area contributed by atoms with Gasteiger partial charge in [-0.2, -0.15) is 0 Å². The number of carbonyl (C=O) groups excluding carboxylic acids is 1. The maximum atomic E-state index is 11.8. The quantitative estimate of drug-likeness (QED) is 0.711. The van der Waals surface area contributed by atoms with E-state index in [9.17, 15) is 4.79 Å². The maximum Gasteiger partial charge on any atom is 0.237 e. The van der Waals surface area contributed by atoms with Crippen molar-refractivity contribution in [2.24, 2.45) is 11.7 Å². The van der Waals surface area contributed by atoms with Crippen molar-refractivity contribution >= 4 is 5.91 Å². The van der Waals surface area contributed by atoms with Crippen LogP contribution in [0.25, 0.3) is 0 Å². The fourth-order valence-electron chi connectivity index (χ4n) is 3.05. The molecule has 1 aliphatic carbocycles. The Morgan fingerprint density at radius 3 is 2.84 bits per heavy atom. The number of rotatable bonds is 8. The van der Waals surface area contributed by atoms with Gasteiger partial charge >= 0.3 is 0 Å². The molecule has 1 fully saturated rings. The zero-order valence-electron chi connectivity index (χ0n) is 12.7. The predicted molar refractivity (Wildman–Crippen MR) is 77.9 cm³/mol. The second kappa shape index (κ2) is 7.85. The summed E-state index contributed by atoms with van der Waals surface area (Å²) in [7, 11) is 0. The molecule has 0 spiro atoms. The number of nitrogens with one attached hydrogen (secondary N) is 1. The van der Waals surface area contributed by atoms with Crippen LogP contribution in [0.5, 0.6) is 0 Å². The van der Waals surface area contributed by atoms with Crippen molar-refractivity contribution < 1.29 is 9.53 Å². The molecule has 1 amide bonds. The largest absolute Gasteiger partial charge is 0.378 e. The summed E-state index contributed by atoms with van der Waals surface area (Å²) < 4.78 is 6.00.